The zero-order valence-corrected chi connectivity index (χ0v) is 10.3. The third-order valence-corrected chi connectivity index (χ3v) is 3.68. The number of thiazole rings is 1. The van der Waals surface area contributed by atoms with Crippen LogP contribution in [0.4, 0.5) is 0 Å². The molecule has 94 valence electrons. The van der Waals surface area contributed by atoms with E-state index in [4.69, 9.17) is 9.84 Å². The maximum Gasteiger partial charge on any atom is 0.365 e. The molecular formula is C11H16N2O3S. The Morgan fingerprint density at radius 3 is 3.00 bits per heavy atom. The van der Waals surface area contributed by atoms with E-state index in [1.54, 1.807) is 5.38 Å². The van der Waals surface area contributed by atoms with Crippen molar-refractivity contribution in [1.82, 2.24) is 10.3 Å². The summed E-state index contributed by atoms with van der Waals surface area (Å²) in [6.45, 7) is 3.27. The van der Waals surface area contributed by atoms with Crippen molar-refractivity contribution < 1.29 is 14.6 Å². The van der Waals surface area contributed by atoms with E-state index in [1.807, 2.05) is 0 Å². The summed E-state index contributed by atoms with van der Waals surface area (Å²) in [5.74, 6) is -0.353. The van der Waals surface area contributed by atoms with E-state index >= 15 is 0 Å². The number of hydrogen-bond donors (Lipinski definition) is 2. The van der Waals surface area contributed by atoms with Crippen molar-refractivity contribution in [3.63, 3.8) is 0 Å². The Bertz CT molecular complexity index is 375. The molecule has 1 aliphatic rings. The molecule has 0 atom stereocenters. The lowest BCUT2D eigenvalue weighted by Crippen LogP contribution is -2.29. The van der Waals surface area contributed by atoms with Crippen LogP contribution in [0.2, 0.25) is 0 Å². The highest BCUT2D eigenvalue weighted by Gasteiger charge is 2.13. The van der Waals surface area contributed by atoms with Crippen LogP contribution in [0.3, 0.4) is 0 Å². The van der Waals surface area contributed by atoms with E-state index in [0.29, 0.717) is 18.2 Å². The number of hydrogen-bond acceptors (Lipinski definition) is 5. The molecule has 17 heavy (non-hydrogen) atoms. The summed E-state index contributed by atoms with van der Waals surface area (Å²) in [6.07, 6.45) is 2.30. The molecule has 0 spiro atoms. The Balaban J connectivity index is 1.71. The maximum atomic E-state index is 10.6. The van der Waals surface area contributed by atoms with Crippen LogP contribution in [-0.2, 0) is 11.3 Å². The largest absolute Gasteiger partial charge is 0.476 e. The van der Waals surface area contributed by atoms with Crippen LogP contribution in [0.1, 0.15) is 28.3 Å². The number of aromatic carboxylic acids is 1. The van der Waals surface area contributed by atoms with Gasteiger partial charge in [0.05, 0.1) is 18.9 Å². The third kappa shape index (κ3) is 3.76. The molecule has 1 saturated heterocycles. The van der Waals surface area contributed by atoms with Gasteiger partial charge < -0.3 is 15.2 Å². The Kier molecular flexibility index (Phi) is 4.47. The number of piperidine rings is 1. The lowest BCUT2D eigenvalue weighted by Gasteiger charge is -2.22. The minimum atomic E-state index is -0.973. The van der Waals surface area contributed by atoms with Crippen LogP contribution in [-0.4, -0.2) is 35.8 Å². The number of nitrogens with zero attached hydrogens (tertiary/aromatic N) is 1. The molecule has 0 unspecified atom stereocenters. The van der Waals surface area contributed by atoms with E-state index in [2.05, 4.69) is 10.3 Å². The number of carboxylic acids is 1. The molecule has 0 aliphatic carbocycles. The minimum absolute atomic E-state index is 0.130. The molecule has 0 saturated carbocycles. The normalized spacial score (nSPS) is 17.2. The van der Waals surface area contributed by atoms with Gasteiger partial charge in [-0.15, -0.1) is 11.3 Å². The summed E-state index contributed by atoms with van der Waals surface area (Å²) in [6, 6.07) is 0. The molecule has 0 aromatic carbocycles. The minimum Gasteiger partial charge on any atom is -0.476 e. The predicted molar refractivity (Wildman–Crippen MR) is 64.3 cm³/mol. The first-order chi connectivity index (χ1) is 8.25. The number of carbonyl (C=O) groups is 1. The van der Waals surface area contributed by atoms with E-state index in [0.717, 1.165) is 43.9 Å². The summed E-state index contributed by atoms with van der Waals surface area (Å²) in [7, 11) is 0. The summed E-state index contributed by atoms with van der Waals surface area (Å²) >= 11 is 1.14. The van der Waals surface area contributed by atoms with Gasteiger partial charge in [0.2, 0.25) is 5.01 Å². The van der Waals surface area contributed by atoms with Crippen molar-refractivity contribution in [2.24, 2.45) is 5.92 Å². The molecular weight excluding hydrogens is 240 g/mol. The summed E-state index contributed by atoms with van der Waals surface area (Å²) < 4.78 is 5.58. The van der Waals surface area contributed by atoms with Crippen LogP contribution in [0, 0.1) is 5.92 Å². The summed E-state index contributed by atoms with van der Waals surface area (Å²) in [5, 5.41) is 13.9. The lowest BCUT2D eigenvalue weighted by molar-refractivity contribution is 0.0688. The molecule has 0 amide bonds. The van der Waals surface area contributed by atoms with Crippen LogP contribution in [0.15, 0.2) is 5.38 Å². The Hall–Kier alpha value is -0.980. The number of carboxylic acid groups (broad SMARTS) is 1. The van der Waals surface area contributed by atoms with Gasteiger partial charge in [-0.25, -0.2) is 9.78 Å². The summed E-state index contributed by atoms with van der Waals surface area (Å²) in [5.41, 5.74) is 0.710. The first-order valence-electron chi connectivity index (χ1n) is 5.72. The van der Waals surface area contributed by atoms with Crippen molar-refractivity contribution >= 4 is 17.3 Å². The van der Waals surface area contributed by atoms with Gasteiger partial charge in [-0.3, -0.25) is 0 Å². The quantitative estimate of drug-likeness (QED) is 0.832. The standard InChI is InChI=1S/C11H16N2O3S/c14-11(15)10-13-9(7-17-10)6-16-5-8-1-3-12-4-2-8/h7-8,12H,1-6H2,(H,14,15). The monoisotopic (exact) mass is 256 g/mol. The third-order valence-electron chi connectivity index (χ3n) is 2.80. The van der Waals surface area contributed by atoms with Gasteiger partial charge in [0.1, 0.15) is 0 Å². The fourth-order valence-electron chi connectivity index (χ4n) is 1.85. The van der Waals surface area contributed by atoms with Crippen LogP contribution in [0.25, 0.3) is 0 Å². The fraction of sp³-hybridized carbons (Fsp3) is 0.636. The molecule has 1 aromatic rings. The first kappa shape index (κ1) is 12.5. The molecule has 6 heteroatoms. The highest BCUT2D eigenvalue weighted by molar-refractivity contribution is 7.11. The van der Waals surface area contributed by atoms with E-state index in [-0.39, 0.29) is 5.01 Å². The number of rotatable bonds is 5. The Morgan fingerprint density at radius 2 is 2.35 bits per heavy atom. The van der Waals surface area contributed by atoms with Crippen molar-refractivity contribution in [2.75, 3.05) is 19.7 Å². The highest BCUT2D eigenvalue weighted by atomic mass is 32.1. The summed E-state index contributed by atoms with van der Waals surface area (Å²) in [4.78, 5) is 14.6. The highest BCUT2D eigenvalue weighted by Crippen LogP contribution is 2.14. The van der Waals surface area contributed by atoms with Crippen molar-refractivity contribution in [1.29, 1.82) is 0 Å². The van der Waals surface area contributed by atoms with Gasteiger partial charge in [0.15, 0.2) is 0 Å². The zero-order valence-electron chi connectivity index (χ0n) is 9.52. The SMILES string of the molecule is O=C(O)c1nc(COCC2CCNCC2)cs1. The Labute approximate surface area is 104 Å². The molecule has 1 aromatic heterocycles. The van der Waals surface area contributed by atoms with Gasteiger partial charge >= 0.3 is 5.97 Å². The van der Waals surface area contributed by atoms with Gasteiger partial charge in [-0.1, -0.05) is 0 Å². The maximum absolute atomic E-state index is 10.6. The van der Waals surface area contributed by atoms with Crippen LogP contribution in [0.5, 0.6) is 0 Å². The van der Waals surface area contributed by atoms with E-state index < -0.39 is 5.97 Å². The second kappa shape index (κ2) is 6.09. The molecule has 1 fully saturated rings. The zero-order chi connectivity index (χ0) is 12.1. The smallest absolute Gasteiger partial charge is 0.365 e. The average molecular weight is 256 g/mol. The predicted octanol–water partition coefficient (Wildman–Crippen LogP) is 1.36. The fourth-order valence-corrected chi connectivity index (χ4v) is 2.49. The lowest BCUT2D eigenvalue weighted by atomic mass is 9.99. The number of ether oxygens (including phenoxy) is 1. The first-order valence-corrected chi connectivity index (χ1v) is 6.60. The van der Waals surface area contributed by atoms with Crippen LogP contribution >= 0.6 is 11.3 Å². The molecule has 2 rings (SSSR count). The number of aromatic nitrogens is 1. The van der Waals surface area contributed by atoms with Crippen molar-refractivity contribution in [3.8, 4) is 0 Å². The molecule has 2 N–H and O–H groups in total. The molecule has 1 aliphatic heterocycles. The number of nitrogens with one attached hydrogen (secondary N) is 1. The van der Waals surface area contributed by atoms with Gasteiger partial charge in [0.25, 0.3) is 0 Å². The average Bonchev–Trinajstić information content (AvgIpc) is 2.79. The van der Waals surface area contributed by atoms with Gasteiger partial charge in [0, 0.05) is 5.38 Å². The van der Waals surface area contributed by atoms with E-state index in [9.17, 15) is 4.79 Å². The van der Waals surface area contributed by atoms with Gasteiger partial charge in [-0.2, -0.15) is 0 Å². The van der Waals surface area contributed by atoms with Crippen LogP contribution < -0.4 is 5.32 Å². The molecule has 0 radical (unpaired) electrons. The van der Waals surface area contributed by atoms with E-state index in [1.165, 1.54) is 0 Å². The Morgan fingerprint density at radius 1 is 1.59 bits per heavy atom. The molecule has 0 bridgehead atoms. The van der Waals surface area contributed by atoms with Crippen molar-refractivity contribution in [2.45, 2.75) is 19.4 Å². The van der Waals surface area contributed by atoms with Crippen molar-refractivity contribution in [3.05, 3.63) is 16.1 Å². The molecule has 2 heterocycles. The second-order valence-corrected chi connectivity index (χ2v) is 5.02. The van der Waals surface area contributed by atoms with Gasteiger partial charge in [-0.05, 0) is 31.8 Å². The second-order valence-electron chi connectivity index (χ2n) is 4.16. The molecule has 5 nitrogen and oxygen atoms in total. The topological polar surface area (TPSA) is 71.5 Å².